The van der Waals surface area contributed by atoms with Crippen molar-refractivity contribution in [3.8, 4) is 0 Å². The number of rotatable bonds is 5. The molecule has 0 spiro atoms. The van der Waals surface area contributed by atoms with Crippen LogP contribution in [-0.2, 0) is 0 Å². The van der Waals surface area contributed by atoms with Crippen molar-refractivity contribution in [3.05, 3.63) is 11.4 Å². The molecule has 1 aliphatic carbocycles. The highest BCUT2D eigenvalue weighted by molar-refractivity contribution is 5.58. The molecule has 1 aliphatic rings. The van der Waals surface area contributed by atoms with Gasteiger partial charge in [0.15, 0.2) is 0 Å². The fourth-order valence-corrected chi connectivity index (χ4v) is 2.98. The Hall–Kier alpha value is -1.36. The normalized spacial score (nSPS) is 25.7. The Morgan fingerprint density at radius 3 is 2.38 bits per heavy atom. The Labute approximate surface area is 127 Å². The monoisotopic (exact) mass is 292 g/mol. The molecule has 0 aromatic carbocycles. The second-order valence-corrected chi connectivity index (χ2v) is 6.37. The summed E-state index contributed by atoms with van der Waals surface area (Å²) in [6.45, 7) is 9.25. The lowest BCUT2D eigenvalue weighted by Crippen LogP contribution is -2.45. The number of aryl methyl sites for hydroxylation is 1. The van der Waals surface area contributed by atoms with E-state index in [1.54, 1.807) is 0 Å². The first-order chi connectivity index (χ1) is 9.99. The molecule has 0 amide bonds. The second-order valence-electron chi connectivity index (χ2n) is 6.37. The summed E-state index contributed by atoms with van der Waals surface area (Å²) in [5.41, 5.74) is 0.788. The van der Waals surface area contributed by atoms with Gasteiger partial charge < -0.3 is 15.7 Å². The average Bonchev–Trinajstić information content (AvgIpc) is 2.47. The van der Waals surface area contributed by atoms with Crippen molar-refractivity contribution in [2.45, 2.75) is 58.9 Å². The van der Waals surface area contributed by atoms with Gasteiger partial charge in [-0.3, -0.25) is 0 Å². The van der Waals surface area contributed by atoms with E-state index in [0.29, 0.717) is 0 Å². The summed E-state index contributed by atoms with van der Waals surface area (Å²) in [4.78, 5) is 9.00. The Balaban J connectivity index is 2.25. The van der Waals surface area contributed by atoms with Crippen LogP contribution in [0.25, 0.3) is 0 Å². The van der Waals surface area contributed by atoms with Crippen LogP contribution in [0.15, 0.2) is 0 Å². The Bertz CT molecular complexity index is 481. The lowest BCUT2D eigenvalue weighted by Gasteiger charge is -2.39. The van der Waals surface area contributed by atoms with E-state index in [1.165, 1.54) is 0 Å². The van der Waals surface area contributed by atoms with Gasteiger partial charge >= 0.3 is 0 Å². The molecule has 1 saturated carbocycles. The molecule has 2 rings (SSSR count). The molecule has 0 atom stereocenters. The van der Waals surface area contributed by atoms with E-state index < -0.39 is 0 Å². The van der Waals surface area contributed by atoms with E-state index in [9.17, 15) is 5.11 Å². The molecule has 0 radical (unpaired) electrons. The molecule has 1 aromatic heterocycles. The quantitative estimate of drug-likeness (QED) is 0.778. The third-order valence-corrected chi connectivity index (χ3v) is 4.52. The zero-order chi connectivity index (χ0) is 15.5. The summed E-state index contributed by atoms with van der Waals surface area (Å²) in [5.74, 6) is 3.22. The molecule has 0 bridgehead atoms. The van der Waals surface area contributed by atoms with Crippen LogP contribution in [0, 0.1) is 19.8 Å². The van der Waals surface area contributed by atoms with Crippen molar-refractivity contribution in [3.63, 3.8) is 0 Å². The summed E-state index contributed by atoms with van der Waals surface area (Å²) in [6.07, 6.45) is 4.28. The fourth-order valence-electron chi connectivity index (χ4n) is 2.98. The summed E-state index contributed by atoms with van der Waals surface area (Å²) < 4.78 is 0. The van der Waals surface area contributed by atoms with Crippen LogP contribution in [-0.4, -0.2) is 33.8 Å². The number of hydrogen-bond donors (Lipinski definition) is 3. The van der Waals surface area contributed by atoms with Gasteiger partial charge in [-0.15, -0.1) is 0 Å². The number of hydrogen-bond acceptors (Lipinski definition) is 5. The number of nitrogens with zero attached hydrogens (tertiary/aromatic N) is 2. The molecule has 21 heavy (non-hydrogen) atoms. The highest BCUT2D eigenvalue weighted by Crippen LogP contribution is 2.35. The van der Waals surface area contributed by atoms with Gasteiger partial charge in [0.25, 0.3) is 0 Å². The maximum absolute atomic E-state index is 9.90. The van der Waals surface area contributed by atoms with Crippen LogP contribution in [0.4, 0.5) is 11.6 Å². The largest absolute Gasteiger partial charge is 0.394 e. The maximum Gasteiger partial charge on any atom is 0.135 e. The number of nitrogens with one attached hydrogen (secondary N) is 2. The van der Waals surface area contributed by atoms with Gasteiger partial charge in [-0.25, -0.2) is 9.97 Å². The first-order valence-corrected chi connectivity index (χ1v) is 7.98. The number of anilines is 2. The van der Waals surface area contributed by atoms with Crippen molar-refractivity contribution in [1.82, 2.24) is 9.97 Å². The van der Waals surface area contributed by atoms with Crippen molar-refractivity contribution in [2.75, 3.05) is 23.8 Å². The zero-order valence-electron chi connectivity index (χ0n) is 13.7. The molecule has 0 unspecified atom stereocenters. The van der Waals surface area contributed by atoms with E-state index in [4.69, 9.17) is 0 Å². The molecule has 1 aromatic rings. The van der Waals surface area contributed by atoms with Gasteiger partial charge in [0.05, 0.1) is 12.1 Å². The van der Waals surface area contributed by atoms with Crippen LogP contribution >= 0.6 is 0 Å². The third-order valence-electron chi connectivity index (χ3n) is 4.52. The van der Waals surface area contributed by atoms with Crippen LogP contribution in [0.5, 0.6) is 0 Å². The van der Waals surface area contributed by atoms with Crippen LogP contribution in [0.3, 0.4) is 0 Å². The Morgan fingerprint density at radius 2 is 1.81 bits per heavy atom. The second kappa shape index (κ2) is 6.60. The summed E-state index contributed by atoms with van der Waals surface area (Å²) in [5, 5.41) is 16.7. The molecule has 5 heteroatoms. The molecule has 1 heterocycles. The van der Waals surface area contributed by atoms with Crippen LogP contribution < -0.4 is 10.6 Å². The third kappa shape index (κ3) is 3.64. The minimum absolute atomic E-state index is 0.152. The Morgan fingerprint density at radius 1 is 1.19 bits per heavy atom. The standard InChI is InChI=1S/C16H28N4O/c1-5-17-14-12(3)15(19-13(4)18-14)20-16(10-21)8-6-11(2)7-9-16/h11,21H,5-10H2,1-4H3,(H2,17,18,19,20). The SMILES string of the molecule is CCNc1nc(C)nc(NC2(CO)CCC(C)CC2)c1C. The zero-order valence-corrected chi connectivity index (χ0v) is 13.7. The number of aliphatic hydroxyl groups is 1. The first kappa shape index (κ1) is 16.0. The molecule has 118 valence electrons. The molecule has 0 aliphatic heterocycles. The average molecular weight is 292 g/mol. The minimum Gasteiger partial charge on any atom is -0.394 e. The van der Waals surface area contributed by atoms with Crippen LogP contribution in [0.1, 0.15) is 50.9 Å². The summed E-state index contributed by atoms with van der Waals surface area (Å²) in [6, 6.07) is 0. The van der Waals surface area contributed by atoms with E-state index in [2.05, 4.69) is 34.4 Å². The summed E-state index contributed by atoms with van der Waals surface area (Å²) >= 11 is 0. The molecular weight excluding hydrogens is 264 g/mol. The predicted molar refractivity (Wildman–Crippen MR) is 86.7 cm³/mol. The number of aromatic nitrogens is 2. The maximum atomic E-state index is 9.90. The lowest BCUT2D eigenvalue weighted by molar-refractivity contribution is 0.155. The number of aliphatic hydroxyl groups excluding tert-OH is 1. The topological polar surface area (TPSA) is 70.1 Å². The van der Waals surface area contributed by atoms with Gasteiger partial charge in [0, 0.05) is 12.1 Å². The highest BCUT2D eigenvalue weighted by atomic mass is 16.3. The fraction of sp³-hybridized carbons (Fsp3) is 0.750. The molecule has 5 nitrogen and oxygen atoms in total. The van der Waals surface area contributed by atoms with Crippen molar-refractivity contribution >= 4 is 11.6 Å². The first-order valence-electron chi connectivity index (χ1n) is 7.98. The van der Waals surface area contributed by atoms with E-state index in [0.717, 1.165) is 61.2 Å². The molecule has 0 saturated heterocycles. The van der Waals surface area contributed by atoms with Gasteiger partial charge in [-0.2, -0.15) is 0 Å². The molecular formula is C16H28N4O. The van der Waals surface area contributed by atoms with E-state index in [1.807, 2.05) is 13.8 Å². The molecule has 1 fully saturated rings. The molecule has 3 N–H and O–H groups in total. The van der Waals surface area contributed by atoms with Gasteiger partial charge in [-0.05, 0) is 52.4 Å². The van der Waals surface area contributed by atoms with Crippen LogP contribution in [0.2, 0.25) is 0 Å². The lowest BCUT2D eigenvalue weighted by atomic mass is 9.77. The van der Waals surface area contributed by atoms with E-state index in [-0.39, 0.29) is 12.1 Å². The van der Waals surface area contributed by atoms with Crippen molar-refractivity contribution in [2.24, 2.45) is 5.92 Å². The smallest absolute Gasteiger partial charge is 0.135 e. The van der Waals surface area contributed by atoms with E-state index >= 15 is 0 Å². The minimum atomic E-state index is -0.235. The predicted octanol–water partition coefficient (Wildman–Crippen LogP) is 2.88. The Kier molecular flexibility index (Phi) is 5.04. The highest BCUT2D eigenvalue weighted by Gasteiger charge is 2.34. The van der Waals surface area contributed by atoms with Crippen molar-refractivity contribution in [1.29, 1.82) is 0 Å². The van der Waals surface area contributed by atoms with Crippen molar-refractivity contribution < 1.29 is 5.11 Å². The summed E-state index contributed by atoms with van der Waals surface area (Å²) in [7, 11) is 0. The van der Waals surface area contributed by atoms with Gasteiger partial charge in [-0.1, -0.05) is 6.92 Å². The van der Waals surface area contributed by atoms with Gasteiger partial charge in [0.1, 0.15) is 17.5 Å². The van der Waals surface area contributed by atoms with Gasteiger partial charge in [0.2, 0.25) is 0 Å².